The maximum atomic E-state index is 9.52. The molecule has 0 radical (unpaired) electrons. The lowest BCUT2D eigenvalue weighted by molar-refractivity contribution is 0.380. The Labute approximate surface area is 112 Å². The van der Waals surface area contributed by atoms with Crippen molar-refractivity contribution in [2.45, 2.75) is 39.0 Å². The Morgan fingerprint density at radius 2 is 2.24 bits per heavy atom. The van der Waals surface area contributed by atoms with Crippen LogP contribution in [-0.2, 0) is 6.42 Å². The van der Waals surface area contributed by atoms with Crippen LogP contribution in [0.5, 0.6) is 0 Å². The van der Waals surface area contributed by atoms with E-state index in [4.69, 9.17) is 0 Å². The monoisotopic (exact) mass is 291 g/mol. The first-order valence-electron chi connectivity index (χ1n) is 6.34. The zero-order valence-electron chi connectivity index (χ0n) is 10.2. The van der Waals surface area contributed by atoms with Crippen molar-refractivity contribution in [1.82, 2.24) is 0 Å². The van der Waals surface area contributed by atoms with E-state index in [-0.39, 0.29) is 5.41 Å². The minimum Gasteiger partial charge on any atom is -0.198 e. The molecule has 0 heterocycles. The van der Waals surface area contributed by atoms with Gasteiger partial charge in [0.05, 0.1) is 11.5 Å². The standard InChI is InChI=1S/C15H18BrN/c1-2-12-7-8-15(9-12,11-17)10-13-5-3-4-6-14(13)16/h3-6,12H,2,7-10H2,1H3. The summed E-state index contributed by atoms with van der Waals surface area (Å²) < 4.78 is 1.13. The van der Waals surface area contributed by atoms with E-state index in [1.54, 1.807) is 0 Å². The Kier molecular flexibility index (Phi) is 3.89. The molecule has 2 unspecified atom stereocenters. The molecule has 0 aliphatic heterocycles. The lowest BCUT2D eigenvalue weighted by atomic mass is 9.80. The summed E-state index contributed by atoms with van der Waals surface area (Å²) in [5.74, 6) is 0.747. The van der Waals surface area contributed by atoms with Crippen LogP contribution < -0.4 is 0 Å². The molecule has 1 saturated carbocycles. The van der Waals surface area contributed by atoms with Crippen LogP contribution in [0.4, 0.5) is 0 Å². The molecule has 1 nitrogen and oxygen atoms in total. The zero-order valence-corrected chi connectivity index (χ0v) is 11.8. The number of nitrogens with zero attached hydrogens (tertiary/aromatic N) is 1. The maximum Gasteiger partial charge on any atom is 0.0693 e. The van der Waals surface area contributed by atoms with Crippen LogP contribution >= 0.6 is 15.9 Å². The molecule has 1 aliphatic rings. The molecule has 0 bridgehead atoms. The molecular weight excluding hydrogens is 274 g/mol. The third-order valence-electron chi connectivity index (χ3n) is 4.01. The predicted octanol–water partition coefficient (Wildman–Crippen LogP) is 4.71. The number of hydrogen-bond donors (Lipinski definition) is 0. The average Bonchev–Trinajstić information content (AvgIpc) is 2.76. The van der Waals surface area contributed by atoms with Gasteiger partial charge in [0.2, 0.25) is 0 Å². The van der Waals surface area contributed by atoms with Crippen molar-refractivity contribution >= 4 is 15.9 Å². The van der Waals surface area contributed by atoms with Gasteiger partial charge in [-0.05, 0) is 43.2 Å². The first-order chi connectivity index (χ1) is 8.19. The van der Waals surface area contributed by atoms with Crippen LogP contribution in [0.2, 0.25) is 0 Å². The molecule has 0 N–H and O–H groups in total. The molecule has 1 aliphatic carbocycles. The van der Waals surface area contributed by atoms with Crippen molar-refractivity contribution in [1.29, 1.82) is 5.26 Å². The lowest BCUT2D eigenvalue weighted by Gasteiger charge is -2.21. The number of nitriles is 1. The zero-order chi connectivity index (χ0) is 12.3. The van der Waals surface area contributed by atoms with E-state index in [9.17, 15) is 5.26 Å². The highest BCUT2D eigenvalue weighted by molar-refractivity contribution is 9.10. The Balaban J connectivity index is 2.17. The fraction of sp³-hybridized carbons (Fsp3) is 0.533. The van der Waals surface area contributed by atoms with Crippen molar-refractivity contribution in [2.24, 2.45) is 11.3 Å². The molecule has 90 valence electrons. The molecule has 1 aromatic carbocycles. The minimum atomic E-state index is -0.120. The molecule has 2 heteroatoms. The summed E-state index contributed by atoms with van der Waals surface area (Å²) in [5.41, 5.74) is 1.15. The highest BCUT2D eigenvalue weighted by Gasteiger charge is 2.38. The average molecular weight is 292 g/mol. The van der Waals surface area contributed by atoms with E-state index in [0.717, 1.165) is 29.7 Å². The molecule has 1 fully saturated rings. The van der Waals surface area contributed by atoms with Crippen LogP contribution in [0.25, 0.3) is 0 Å². The van der Waals surface area contributed by atoms with Crippen LogP contribution in [-0.4, -0.2) is 0 Å². The van der Waals surface area contributed by atoms with Crippen molar-refractivity contribution in [3.8, 4) is 6.07 Å². The Morgan fingerprint density at radius 3 is 2.82 bits per heavy atom. The molecular formula is C15H18BrN. The Hall–Kier alpha value is -0.810. The Bertz CT molecular complexity index is 435. The summed E-state index contributed by atoms with van der Waals surface area (Å²) in [4.78, 5) is 0. The molecule has 2 atom stereocenters. The third kappa shape index (κ3) is 2.72. The van der Waals surface area contributed by atoms with E-state index in [1.165, 1.54) is 18.4 Å². The van der Waals surface area contributed by atoms with Gasteiger partial charge in [-0.1, -0.05) is 47.5 Å². The fourth-order valence-corrected chi connectivity index (χ4v) is 3.32. The van der Waals surface area contributed by atoms with E-state index < -0.39 is 0 Å². The van der Waals surface area contributed by atoms with Gasteiger partial charge in [0, 0.05) is 4.47 Å². The summed E-state index contributed by atoms with van der Waals surface area (Å²) in [6.45, 7) is 2.23. The van der Waals surface area contributed by atoms with Crippen LogP contribution in [0.3, 0.4) is 0 Å². The molecule has 1 aromatic rings. The van der Waals surface area contributed by atoms with E-state index in [2.05, 4.69) is 47.1 Å². The first-order valence-corrected chi connectivity index (χ1v) is 7.13. The quantitative estimate of drug-likeness (QED) is 0.791. The highest BCUT2D eigenvalue weighted by Crippen LogP contribution is 2.45. The highest BCUT2D eigenvalue weighted by atomic mass is 79.9. The summed E-state index contributed by atoms with van der Waals surface area (Å²) in [6.07, 6.45) is 5.44. The van der Waals surface area contributed by atoms with Gasteiger partial charge in [-0.3, -0.25) is 0 Å². The summed E-state index contributed by atoms with van der Waals surface area (Å²) >= 11 is 3.58. The van der Waals surface area contributed by atoms with E-state index >= 15 is 0 Å². The van der Waals surface area contributed by atoms with Gasteiger partial charge in [0.1, 0.15) is 0 Å². The van der Waals surface area contributed by atoms with Crippen LogP contribution in [0, 0.1) is 22.7 Å². The second kappa shape index (κ2) is 5.23. The molecule has 17 heavy (non-hydrogen) atoms. The fourth-order valence-electron chi connectivity index (χ4n) is 2.89. The molecule has 0 aromatic heterocycles. The van der Waals surface area contributed by atoms with Crippen molar-refractivity contribution in [3.05, 3.63) is 34.3 Å². The number of halogens is 1. The molecule has 0 amide bonds. The van der Waals surface area contributed by atoms with Gasteiger partial charge in [0.15, 0.2) is 0 Å². The van der Waals surface area contributed by atoms with Crippen molar-refractivity contribution in [2.75, 3.05) is 0 Å². The van der Waals surface area contributed by atoms with E-state index in [1.807, 2.05) is 6.07 Å². The topological polar surface area (TPSA) is 23.8 Å². The third-order valence-corrected chi connectivity index (χ3v) is 4.79. The van der Waals surface area contributed by atoms with Gasteiger partial charge in [-0.25, -0.2) is 0 Å². The number of hydrogen-bond acceptors (Lipinski definition) is 1. The molecule has 0 saturated heterocycles. The van der Waals surface area contributed by atoms with Gasteiger partial charge in [-0.2, -0.15) is 5.26 Å². The summed E-state index contributed by atoms with van der Waals surface area (Å²) in [6, 6.07) is 10.9. The number of benzene rings is 1. The van der Waals surface area contributed by atoms with Crippen LogP contribution in [0.1, 0.15) is 38.2 Å². The summed E-state index contributed by atoms with van der Waals surface area (Å²) in [7, 11) is 0. The second-order valence-corrected chi connectivity index (χ2v) is 6.03. The van der Waals surface area contributed by atoms with Crippen LogP contribution in [0.15, 0.2) is 28.7 Å². The van der Waals surface area contributed by atoms with Gasteiger partial charge < -0.3 is 0 Å². The normalized spacial score (nSPS) is 27.9. The first kappa shape index (κ1) is 12.6. The lowest BCUT2D eigenvalue weighted by Crippen LogP contribution is -2.18. The van der Waals surface area contributed by atoms with Gasteiger partial charge >= 0.3 is 0 Å². The molecule has 2 rings (SSSR count). The predicted molar refractivity (Wildman–Crippen MR) is 73.5 cm³/mol. The second-order valence-electron chi connectivity index (χ2n) is 5.18. The summed E-state index contributed by atoms with van der Waals surface area (Å²) in [5, 5.41) is 9.52. The maximum absolute atomic E-state index is 9.52. The van der Waals surface area contributed by atoms with Crippen molar-refractivity contribution < 1.29 is 0 Å². The SMILES string of the molecule is CCC1CCC(C#N)(Cc2ccccc2Br)C1. The number of rotatable bonds is 3. The van der Waals surface area contributed by atoms with Gasteiger partial charge in [-0.15, -0.1) is 0 Å². The molecule has 0 spiro atoms. The largest absolute Gasteiger partial charge is 0.198 e. The van der Waals surface area contributed by atoms with Crippen molar-refractivity contribution in [3.63, 3.8) is 0 Å². The van der Waals surface area contributed by atoms with Gasteiger partial charge in [0.25, 0.3) is 0 Å². The minimum absolute atomic E-state index is 0.120. The van der Waals surface area contributed by atoms with E-state index in [0.29, 0.717) is 0 Å². The smallest absolute Gasteiger partial charge is 0.0693 e. The Morgan fingerprint density at radius 1 is 1.47 bits per heavy atom.